The fourth-order valence-electron chi connectivity index (χ4n) is 5.09. The van der Waals surface area contributed by atoms with E-state index in [-0.39, 0.29) is 23.5 Å². The molecular formula is C32H29N5O8. The second kappa shape index (κ2) is 12.0. The topological polar surface area (TPSA) is 188 Å². The predicted octanol–water partition coefficient (Wildman–Crippen LogP) is 3.47. The third-order valence-electron chi connectivity index (χ3n) is 7.37. The van der Waals surface area contributed by atoms with Crippen LogP contribution in [0.15, 0.2) is 69.9 Å². The lowest BCUT2D eigenvalue weighted by atomic mass is 10.1. The average Bonchev–Trinajstić information content (AvgIpc) is 3.62. The van der Waals surface area contributed by atoms with Crippen molar-refractivity contribution in [2.24, 2.45) is 5.73 Å². The fraction of sp³-hybridized carbons (Fsp3) is 0.219. The number of benzene rings is 3. The van der Waals surface area contributed by atoms with Crippen LogP contribution in [0.1, 0.15) is 35.7 Å². The fourth-order valence-corrected chi connectivity index (χ4v) is 5.09. The molecule has 13 nitrogen and oxygen atoms in total. The highest BCUT2D eigenvalue weighted by molar-refractivity contribution is 5.98. The van der Waals surface area contributed by atoms with E-state index in [4.69, 9.17) is 29.7 Å². The molecule has 0 fully saturated rings. The summed E-state index contributed by atoms with van der Waals surface area (Å²) in [5, 5.41) is 15.0. The number of anilines is 1. The van der Waals surface area contributed by atoms with Gasteiger partial charge in [0.05, 0.1) is 29.4 Å². The van der Waals surface area contributed by atoms with Crippen LogP contribution in [0.2, 0.25) is 0 Å². The maximum Gasteiger partial charge on any atom is 0.305 e. The van der Waals surface area contributed by atoms with Crippen molar-refractivity contribution in [3.8, 4) is 22.8 Å². The Labute approximate surface area is 255 Å². The van der Waals surface area contributed by atoms with Crippen LogP contribution in [-0.2, 0) is 16.1 Å². The lowest BCUT2D eigenvalue weighted by molar-refractivity contribution is -0.139. The number of imidazole rings is 1. The molecule has 0 unspecified atom stereocenters. The highest BCUT2D eigenvalue weighted by Crippen LogP contribution is 2.34. The van der Waals surface area contributed by atoms with Crippen molar-refractivity contribution in [1.29, 1.82) is 0 Å². The van der Waals surface area contributed by atoms with Gasteiger partial charge in [0.1, 0.15) is 17.4 Å². The summed E-state index contributed by atoms with van der Waals surface area (Å²) in [6.45, 7) is 3.43. The standard InChI is InChI=1S/C32H29N5O8/c1-2-9-34-32-36-21-11-20-24(38)14-26(18-4-6-19(7-5-18)31(42)35-22(30(33)41)12-29(39)40)45-27(20)13-23(21)37(32)15-17-3-8-25-28(10-17)44-16-43-25/h3-8,10-11,13-14,22H,2,9,12,15-16H2,1H3,(H2,33,41)(H,34,36)(H,35,42)(H,39,40)/t22-/m0/s1. The molecule has 2 amide bonds. The summed E-state index contributed by atoms with van der Waals surface area (Å²) in [5.74, 6) is -0.591. The smallest absolute Gasteiger partial charge is 0.305 e. The maximum atomic E-state index is 13.2. The molecule has 0 bridgehead atoms. The molecule has 13 heteroatoms. The van der Waals surface area contributed by atoms with Gasteiger partial charge < -0.3 is 39.9 Å². The molecule has 0 aliphatic carbocycles. The van der Waals surface area contributed by atoms with Crippen molar-refractivity contribution in [1.82, 2.24) is 14.9 Å². The molecule has 5 aromatic rings. The Morgan fingerprint density at radius 2 is 1.82 bits per heavy atom. The number of fused-ring (bicyclic) bond motifs is 3. The van der Waals surface area contributed by atoms with Crippen LogP contribution in [0.25, 0.3) is 33.3 Å². The number of carboxylic acid groups (broad SMARTS) is 1. The second-order valence-electron chi connectivity index (χ2n) is 10.6. The van der Waals surface area contributed by atoms with E-state index in [9.17, 15) is 19.2 Å². The monoisotopic (exact) mass is 611 g/mol. The van der Waals surface area contributed by atoms with Gasteiger partial charge in [0.25, 0.3) is 5.91 Å². The summed E-state index contributed by atoms with van der Waals surface area (Å²) < 4.78 is 19.2. The van der Waals surface area contributed by atoms with E-state index in [1.807, 2.05) is 22.8 Å². The zero-order valence-corrected chi connectivity index (χ0v) is 24.2. The van der Waals surface area contributed by atoms with Crippen LogP contribution in [0, 0.1) is 0 Å². The minimum atomic E-state index is -1.36. The number of hydrogen-bond acceptors (Lipinski definition) is 9. The molecule has 3 heterocycles. The first-order chi connectivity index (χ1) is 21.7. The van der Waals surface area contributed by atoms with Gasteiger partial charge in [-0.05, 0) is 42.3 Å². The highest BCUT2D eigenvalue weighted by Gasteiger charge is 2.22. The second-order valence-corrected chi connectivity index (χ2v) is 10.6. The Hall–Kier alpha value is -5.85. The predicted molar refractivity (Wildman–Crippen MR) is 164 cm³/mol. The third-order valence-corrected chi connectivity index (χ3v) is 7.37. The minimum absolute atomic E-state index is 0.166. The van der Waals surface area contributed by atoms with Crippen LogP contribution in [0.5, 0.6) is 11.5 Å². The number of amides is 2. The molecule has 0 spiro atoms. The van der Waals surface area contributed by atoms with Crippen LogP contribution in [-0.4, -0.2) is 51.8 Å². The van der Waals surface area contributed by atoms with Gasteiger partial charge in [-0.3, -0.25) is 19.2 Å². The van der Waals surface area contributed by atoms with Crippen LogP contribution >= 0.6 is 0 Å². The molecule has 1 aliphatic heterocycles. The molecule has 0 saturated heterocycles. The van der Waals surface area contributed by atoms with E-state index >= 15 is 0 Å². The number of rotatable bonds is 11. The molecule has 5 N–H and O–H groups in total. The van der Waals surface area contributed by atoms with Gasteiger partial charge in [-0.2, -0.15) is 0 Å². The van der Waals surface area contributed by atoms with E-state index < -0.39 is 30.2 Å². The first-order valence-electron chi connectivity index (χ1n) is 14.2. The number of aliphatic carboxylic acids is 1. The number of carboxylic acids is 1. The minimum Gasteiger partial charge on any atom is -0.481 e. The molecule has 45 heavy (non-hydrogen) atoms. The molecule has 230 valence electrons. The summed E-state index contributed by atoms with van der Waals surface area (Å²) >= 11 is 0. The van der Waals surface area contributed by atoms with E-state index in [0.29, 0.717) is 52.6 Å². The van der Waals surface area contributed by atoms with Gasteiger partial charge in [-0.1, -0.05) is 25.1 Å². The Balaban J connectivity index is 1.33. The Bertz CT molecular complexity index is 2010. The molecular weight excluding hydrogens is 582 g/mol. The Morgan fingerprint density at radius 3 is 2.56 bits per heavy atom. The summed E-state index contributed by atoms with van der Waals surface area (Å²) in [5.41, 5.74) is 8.38. The first-order valence-corrected chi connectivity index (χ1v) is 14.2. The first kappa shape index (κ1) is 29.2. The number of nitrogens with two attached hydrogens (primary N) is 1. The van der Waals surface area contributed by atoms with Crippen LogP contribution < -0.4 is 31.3 Å². The molecule has 6 rings (SSSR count). The normalized spacial score (nSPS) is 12.7. The van der Waals surface area contributed by atoms with Gasteiger partial charge >= 0.3 is 5.97 Å². The number of primary amides is 1. The quantitative estimate of drug-likeness (QED) is 0.172. The zero-order valence-electron chi connectivity index (χ0n) is 24.2. The van der Waals surface area contributed by atoms with Crippen molar-refractivity contribution in [2.45, 2.75) is 32.4 Å². The van der Waals surface area contributed by atoms with E-state index in [2.05, 4.69) is 17.6 Å². The Kier molecular flexibility index (Phi) is 7.82. The number of nitrogens with one attached hydrogen (secondary N) is 2. The number of aromatic nitrogens is 2. The van der Waals surface area contributed by atoms with Gasteiger partial charge in [0, 0.05) is 29.8 Å². The zero-order chi connectivity index (χ0) is 31.7. The van der Waals surface area contributed by atoms with Crippen molar-refractivity contribution in [3.63, 3.8) is 0 Å². The molecule has 1 aliphatic rings. The van der Waals surface area contributed by atoms with E-state index in [1.165, 1.54) is 18.2 Å². The summed E-state index contributed by atoms with van der Waals surface area (Å²) in [6.07, 6.45) is 0.257. The summed E-state index contributed by atoms with van der Waals surface area (Å²) in [4.78, 5) is 53.2. The number of nitrogens with zero attached hydrogens (tertiary/aromatic N) is 2. The van der Waals surface area contributed by atoms with Crippen LogP contribution in [0.4, 0.5) is 5.95 Å². The van der Waals surface area contributed by atoms with Gasteiger partial charge in [-0.15, -0.1) is 0 Å². The van der Waals surface area contributed by atoms with Crippen molar-refractivity contribution in [2.75, 3.05) is 18.7 Å². The van der Waals surface area contributed by atoms with Gasteiger partial charge in [0.2, 0.25) is 18.6 Å². The molecule has 0 radical (unpaired) electrons. The number of hydrogen-bond donors (Lipinski definition) is 4. The SMILES string of the molecule is CCCNc1nc2cc3c(=O)cc(-c4ccc(C(=O)N[C@@H](CC(=O)O)C(N)=O)cc4)oc3cc2n1Cc1ccc2c(c1)OCO2. The highest BCUT2D eigenvalue weighted by atomic mass is 16.7. The van der Waals surface area contributed by atoms with E-state index in [1.54, 1.807) is 24.3 Å². The van der Waals surface area contributed by atoms with Gasteiger partial charge in [-0.25, -0.2) is 4.98 Å². The lowest BCUT2D eigenvalue weighted by Crippen LogP contribution is -2.45. The van der Waals surface area contributed by atoms with Crippen LogP contribution in [0.3, 0.4) is 0 Å². The molecule has 0 saturated carbocycles. The third kappa shape index (κ3) is 6.00. The summed E-state index contributed by atoms with van der Waals surface area (Å²) in [6, 6.07) is 15.4. The number of ether oxygens (including phenoxy) is 2. The molecule has 3 aromatic carbocycles. The number of carbonyl (C=O) groups is 3. The molecule has 2 aromatic heterocycles. The summed E-state index contributed by atoms with van der Waals surface area (Å²) in [7, 11) is 0. The van der Waals surface area contributed by atoms with Crippen molar-refractivity contribution in [3.05, 3.63) is 82.0 Å². The van der Waals surface area contributed by atoms with Crippen molar-refractivity contribution < 1.29 is 33.4 Å². The van der Waals surface area contributed by atoms with Crippen molar-refractivity contribution >= 4 is 45.7 Å². The Morgan fingerprint density at radius 1 is 1.04 bits per heavy atom. The largest absolute Gasteiger partial charge is 0.481 e. The number of carbonyl (C=O) groups excluding carboxylic acids is 2. The molecule has 1 atom stereocenters. The average molecular weight is 612 g/mol. The lowest BCUT2D eigenvalue weighted by Gasteiger charge is -2.13. The van der Waals surface area contributed by atoms with E-state index in [0.717, 1.165) is 17.5 Å². The van der Waals surface area contributed by atoms with Gasteiger partial charge in [0.15, 0.2) is 16.9 Å². The maximum absolute atomic E-state index is 13.2.